The van der Waals surface area contributed by atoms with Crippen molar-refractivity contribution < 1.29 is 4.74 Å². The fourth-order valence-electron chi connectivity index (χ4n) is 2.84. The number of halogens is 1. The van der Waals surface area contributed by atoms with E-state index in [2.05, 4.69) is 17.2 Å². The largest absolute Gasteiger partial charge is 0.487 e. The van der Waals surface area contributed by atoms with Gasteiger partial charge in [0.15, 0.2) is 0 Å². The lowest BCUT2D eigenvalue weighted by Crippen LogP contribution is -2.05. The lowest BCUT2D eigenvalue weighted by Gasteiger charge is -2.10. The standard InChI is InChI=1S/C16H20ClN3O/c1-3-14-16(17)15(20(2)19-14)9-21-11-5-6-12-10(8-11)4-7-13(12)18/h5-6,8,13H,3-4,7,9,18H2,1-2H3. The number of benzene rings is 1. The van der Waals surface area contributed by atoms with E-state index >= 15 is 0 Å². The van der Waals surface area contributed by atoms with Gasteiger partial charge in [-0.2, -0.15) is 5.10 Å². The average Bonchev–Trinajstić information content (AvgIpc) is 2.98. The molecule has 1 aliphatic carbocycles. The third-order valence-electron chi connectivity index (χ3n) is 4.12. The van der Waals surface area contributed by atoms with Crippen LogP contribution in [0, 0.1) is 0 Å². The summed E-state index contributed by atoms with van der Waals surface area (Å²) >= 11 is 6.33. The Bertz CT molecular complexity index is 666. The summed E-state index contributed by atoms with van der Waals surface area (Å²) in [5.74, 6) is 0.859. The van der Waals surface area contributed by atoms with Gasteiger partial charge in [-0.3, -0.25) is 4.68 Å². The van der Waals surface area contributed by atoms with E-state index in [1.54, 1.807) is 4.68 Å². The second-order valence-corrected chi connectivity index (χ2v) is 5.86. The van der Waals surface area contributed by atoms with Crippen molar-refractivity contribution >= 4 is 11.6 Å². The van der Waals surface area contributed by atoms with E-state index < -0.39 is 0 Å². The van der Waals surface area contributed by atoms with Crippen LogP contribution in [0.5, 0.6) is 5.75 Å². The van der Waals surface area contributed by atoms with Crippen molar-refractivity contribution in [2.75, 3.05) is 0 Å². The van der Waals surface area contributed by atoms with Crippen LogP contribution in [0.3, 0.4) is 0 Å². The highest BCUT2D eigenvalue weighted by Crippen LogP contribution is 2.32. The zero-order chi connectivity index (χ0) is 15.0. The molecule has 2 aromatic rings. The maximum absolute atomic E-state index is 6.33. The monoisotopic (exact) mass is 305 g/mol. The normalized spacial score (nSPS) is 17.0. The van der Waals surface area contributed by atoms with Crippen LogP contribution in [0.1, 0.15) is 41.9 Å². The fraction of sp³-hybridized carbons (Fsp3) is 0.438. The zero-order valence-corrected chi connectivity index (χ0v) is 13.2. The Morgan fingerprint density at radius 1 is 1.48 bits per heavy atom. The first-order valence-corrected chi connectivity index (χ1v) is 7.69. The molecule has 1 atom stereocenters. The van der Waals surface area contributed by atoms with Crippen molar-refractivity contribution in [2.45, 2.75) is 38.8 Å². The summed E-state index contributed by atoms with van der Waals surface area (Å²) in [6, 6.07) is 6.32. The molecule has 0 aliphatic heterocycles. The van der Waals surface area contributed by atoms with Crippen molar-refractivity contribution in [3.63, 3.8) is 0 Å². The van der Waals surface area contributed by atoms with E-state index in [-0.39, 0.29) is 6.04 Å². The molecule has 1 aromatic heterocycles. The average molecular weight is 306 g/mol. The Kier molecular flexibility index (Phi) is 3.91. The maximum Gasteiger partial charge on any atom is 0.131 e. The summed E-state index contributed by atoms with van der Waals surface area (Å²) in [6.45, 7) is 2.47. The van der Waals surface area contributed by atoms with E-state index in [9.17, 15) is 0 Å². The lowest BCUT2D eigenvalue weighted by molar-refractivity contribution is 0.294. The van der Waals surface area contributed by atoms with Gasteiger partial charge in [0.2, 0.25) is 0 Å². The van der Waals surface area contributed by atoms with Gasteiger partial charge in [-0.15, -0.1) is 0 Å². The molecule has 0 amide bonds. The van der Waals surface area contributed by atoms with Gasteiger partial charge in [-0.25, -0.2) is 0 Å². The van der Waals surface area contributed by atoms with Gasteiger partial charge in [0.05, 0.1) is 16.4 Å². The van der Waals surface area contributed by atoms with E-state index in [4.69, 9.17) is 22.1 Å². The summed E-state index contributed by atoms with van der Waals surface area (Å²) in [6.07, 6.45) is 2.87. The molecule has 21 heavy (non-hydrogen) atoms. The van der Waals surface area contributed by atoms with E-state index in [0.29, 0.717) is 11.6 Å². The quantitative estimate of drug-likeness (QED) is 0.944. The third kappa shape index (κ3) is 2.65. The van der Waals surface area contributed by atoms with Gasteiger partial charge in [0, 0.05) is 13.1 Å². The van der Waals surface area contributed by atoms with E-state index in [1.165, 1.54) is 11.1 Å². The van der Waals surface area contributed by atoms with Gasteiger partial charge in [0.25, 0.3) is 0 Å². The van der Waals surface area contributed by atoms with Crippen LogP contribution in [-0.4, -0.2) is 9.78 Å². The van der Waals surface area contributed by atoms with Crippen molar-refractivity contribution in [2.24, 2.45) is 12.8 Å². The molecular formula is C16H20ClN3O. The number of rotatable bonds is 4. The minimum Gasteiger partial charge on any atom is -0.487 e. The molecule has 2 N–H and O–H groups in total. The summed E-state index contributed by atoms with van der Waals surface area (Å²) in [5.41, 5.74) is 10.4. The van der Waals surface area contributed by atoms with Gasteiger partial charge in [0.1, 0.15) is 12.4 Å². The maximum atomic E-state index is 6.33. The number of fused-ring (bicyclic) bond motifs is 1. The van der Waals surface area contributed by atoms with E-state index in [1.807, 2.05) is 20.0 Å². The third-order valence-corrected chi connectivity index (χ3v) is 4.55. The fourth-order valence-corrected chi connectivity index (χ4v) is 3.19. The molecule has 5 heteroatoms. The van der Waals surface area contributed by atoms with Crippen molar-refractivity contribution in [1.29, 1.82) is 0 Å². The molecule has 0 saturated carbocycles. The van der Waals surface area contributed by atoms with Crippen LogP contribution in [0.4, 0.5) is 0 Å². The van der Waals surface area contributed by atoms with Crippen LogP contribution >= 0.6 is 11.6 Å². The SMILES string of the molecule is CCc1nn(C)c(COc2ccc3c(c2)CCC3N)c1Cl. The van der Waals surface area contributed by atoms with Crippen molar-refractivity contribution in [1.82, 2.24) is 9.78 Å². The van der Waals surface area contributed by atoms with Crippen molar-refractivity contribution in [3.05, 3.63) is 45.7 Å². The van der Waals surface area contributed by atoms with Crippen LogP contribution in [0.25, 0.3) is 0 Å². The van der Waals surface area contributed by atoms with Crippen LogP contribution in [0.2, 0.25) is 5.02 Å². The summed E-state index contributed by atoms with van der Waals surface area (Å²) in [5, 5.41) is 5.11. The van der Waals surface area contributed by atoms with Crippen LogP contribution in [-0.2, 0) is 26.5 Å². The molecule has 1 aromatic carbocycles. The molecular weight excluding hydrogens is 286 g/mol. The highest BCUT2D eigenvalue weighted by Gasteiger charge is 2.19. The van der Waals surface area contributed by atoms with Crippen LogP contribution in [0.15, 0.2) is 18.2 Å². The van der Waals surface area contributed by atoms with Gasteiger partial charge in [-0.1, -0.05) is 24.6 Å². The second-order valence-electron chi connectivity index (χ2n) is 5.48. The van der Waals surface area contributed by atoms with Crippen LogP contribution < -0.4 is 10.5 Å². The predicted octanol–water partition coefficient (Wildman–Crippen LogP) is 3.16. The predicted molar refractivity (Wildman–Crippen MR) is 83.6 cm³/mol. The highest BCUT2D eigenvalue weighted by atomic mass is 35.5. The summed E-state index contributed by atoms with van der Waals surface area (Å²) < 4.78 is 7.68. The minimum absolute atomic E-state index is 0.174. The minimum atomic E-state index is 0.174. The molecule has 3 rings (SSSR count). The molecule has 0 spiro atoms. The number of aryl methyl sites for hydroxylation is 3. The summed E-state index contributed by atoms with van der Waals surface area (Å²) in [7, 11) is 1.89. The first kappa shape index (κ1) is 14.4. The molecule has 112 valence electrons. The Labute approximate surface area is 129 Å². The number of hydrogen-bond acceptors (Lipinski definition) is 3. The molecule has 0 fully saturated rings. The molecule has 0 radical (unpaired) electrons. The molecule has 1 unspecified atom stereocenters. The lowest BCUT2D eigenvalue weighted by atomic mass is 10.1. The van der Waals surface area contributed by atoms with Gasteiger partial charge in [-0.05, 0) is 42.5 Å². The zero-order valence-electron chi connectivity index (χ0n) is 12.4. The van der Waals surface area contributed by atoms with Crippen molar-refractivity contribution in [3.8, 4) is 5.75 Å². The number of aromatic nitrogens is 2. The van der Waals surface area contributed by atoms with Gasteiger partial charge >= 0.3 is 0 Å². The first-order chi connectivity index (χ1) is 10.1. The highest BCUT2D eigenvalue weighted by molar-refractivity contribution is 6.31. The molecule has 4 nitrogen and oxygen atoms in total. The molecule has 0 saturated heterocycles. The van der Waals surface area contributed by atoms with E-state index in [0.717, 1.165) is 36.4 Å². The smallest absolute Gasteiger partial charge is 0.131 e. The number of ether oxygens (including phenoxy) is 1. The topological polar surface area (TPSA) is 53.1 Å². The molecule has 1 aliphatic rings. The number of nitrogens with zero attached hydrogens (tertiary/aromatic N) is 2. The summed E-state index contributed by atoms with van der Waals surface area (Å²) in [4.78, 5) is 0. The Hall–Kier alpha value is -1.52. The Morgan fingerprint density at radius 2 is 2.29 bits per heavy atom. The Morgan fingerprint density at radius 3 is 3.00 bits per heavy atom. The molecule has 1 heterocycles. The Balaban J connectivity index is 1.75. The first-order valence-electron chi connectivity index (χ1n) is 7.31. The number of hydrogen-bond donors (Lipinski definition) is 1. The second kappa shape index (κ2) is 5.70. The molecule has 0 bridgehead atoms. The number of nitrogens with two attached hydrogens (primary N) is 1. The van der Waals surface area contributed by atoms with Gasteiger partial charge < -0.3 is 10.5 Å².